The summed E-state index contributed by atoms with van der Waals surface area (Å²) >= 11 is 7.87. The number of imide groups is 1. The Morgan fingerprint density at radius 1 is 0.981 bits per heavy atom. The number of nitrogens with one attached hydrogen (secondary N) is 4. The molecule has 2 aliphatic rings. The first kappa shape index (κ1) is 37.5. The third-order valence-corrected chi connectivity index (χ3v) is 10.7. The van der Waals surface area contributed by atoms with E-state index in [4.69, 9.17) is 16.6 Å². The van der Waals surface area contributed by atoms with Crippen LogP contribution in [0.25, 0.3) is 5.00 Å². The fourth-order valence-electron chi connectivity index (χ4n) is 6.44. The molecule has 53 heavy (non-hydrogen) atoms. The van der Waals surface area contributed by atoms with Gasteiger partial charge in [-0.15, -0.1) is 21.5 Å². The first-order chi connectivity index (χ1) is 25.5. The molecule has 1 fully saturated rings. The summed E-state index contributed by atoms with van der Waals surface area (Å²) in [6.07, 6.45) is 2.95. The smallest absolute Gasteiger partial charge is 0.249 e. The van der Waals surface area contributed by atoms with E-state index < -0.39 is 18.0 Å². The number of fused-ring (bicyclic) bond motifs is 3. The summed E-state index contributed by atoms with van der Waals surface area (Å²) in [4.78, 5) is 68.0. The second-order valence-electron chi connectivity index (χ2n) is 13.3. The number of hydrogen-bond acceptors (Lipinski definition) is 9. The van der Waals surface area contributed by atoms with Gasteiger partial charge in [0.25, 0.3) is 0 Å². The molecule has 2 atom stereocenters. The van der Waals surface area contributed by atoms with Gasteiger partial charge in [0, 0.05) is 46.1 Å². The van der Waals surface area contributed by atoms with Gasteiger partial charge in [0.05, 0.1) is 18.6 Å². The van der Waals surface area contributed by atoms with E-state index in [9.17, 15) is 24.0 Å². The van der Waals surface area contributed by atoms with Crippen molar-refractivity contribution in [3.05, 3.63) is 92.3 Å². The largest absolute Gasteiger partial charge is 0.356 e. The van der Waals surface area contributed by atoms with Crippen LogP contribution in [0.15, 0.2) is 53.5 Å². The van der Waals surface area contributed by atoms with Gasteiger partial charge >= 0.3 is 0 Å². The van der Waals surface area contributed by atoms with E-state index in [1.165, 1.54) is 4.88 Å². The fraction of sp³-hybridized carbons (Fsp3) is 0.368. The fourth-order valence-corrected chi connectivity index (χ4v) is 7.78. The third-order valence-electron chi connectivity index (χ3n) is 9.29. The zero-order valence-corrected chi connectivity index (χ0v) is 31.3. The van der Waals surface area contributed by atoms with Crippen LogP contribution in [-0.2, 0) is 30.4 Å². The number of hydrogen-bond donors (Lipinski definition) is 4. The van der Waals surface area contributed by atoms with Crippen molar-refractivity contribution in [3.63, 3.8) is 0 Å². The molecule has 4 aromatic rings. The zero-order valence-electron chi connectivity index (χ0n) is 29.8. The van der Waals surface area contributed by atoms with Gasteiger partial charge in [0.1, 0.15) is 22.9 Å². The van der Waals surface area contributed by atoms with Crippen molar-refractivity contribution in [1.82, 2.24) is 30.7 Å². The standard InChI is InChI=1S/C38H41ClN8O5S/c1-21-22(2)53-38-34(21)35(25-11-13-26(39)14-12-25)43-29(36-46-45-23(3)47(36)38)20-32(50)40-17-6-4-5-10-30(48)41-27-9-7-8-24(18-27)19-33(51)42-28-15-16-31(49)44-37(28)52/h7-9,11-14,18,28-29H,4-6,10,15-17,19-20H2,1-3H3,(H,40,50)(H,41,48)(H,42,51)(H,44,49,52)/t28?,29-/m0/s1. The van der Waals surface area contributed by atoms with Gasteiger partial charge in [-0.1, -0.05) is 42.3 Å². The molecule has 0 radical (unpaired) electrons. The predicted molar refractivity (Wildman–Crippen MR) is 202 cm³/mol. The molecule has 2 aromatic heterocycles. The summed E-state index contributed by atoms with van der Waals surface area (Å²) in [5.41, 5.74) is 5.08. The minimum atomic E-state index is -0.739. The Bertz CT molecular complexity index is 2090. The highest BCUT2D eigenvalue weighted by atomic mass is 35.5. The number of aryl methyl sites for hydroxylation is 2. The molecule has 2 aromatic carbocycles. The van der Waals surface area contributed by atoms with Crippen molar-refractivity contribution in [3.8, 4) is 5.00 Å². The first-order valence-electron chi connectivity index (χ1n) is 17.6. The lowest BCUT2D eigenvalue weighted by atomic mass is 9.99. The van der Waals surface area contributed by atoms with Crippen molar-refractivity contribution in [2.24, 2.45) is 4.99 Å². The minimum absolute atomic E-state index is 0.0261. The van der Waals surface area contributed by atoms with Crippen molar-refractivity contribution in [2.75, 3.05) is 11.9 Å². The predicted octanol–water partition coefficient (Wildman–Crippen LogP) is 4.97. The molecular formula is C38H41ClN8O5S. The lowest BCUT2D eigenvalue weighted by molar-refractivity contribution is -0.137. The van der Waals surface area contributed by atoms with Gasteiger partial charge in [-0.05, 0) is 75.4 Å². The van der Waals surface area contributed by atoms with Crippen LogP contribution in [-0.4, -0.2) is 62.6 Å². The van der Waals surface area contributed by atoms with Crippen molar-refractivity contribution >= 4 is 63.9 Å². The molecule has 4 N–H and O–H groups in total. The van der Waals surface area contributed by atoms with Crippen LogP contribution in [0, 0.1) is 20.8 Å². The number of aromatic nitrogens is 3. The molecule has 4 heterocycles. The molecule has 1 unspecified atom stereocenters. The van der Waals surface area contributed by atoms with E-state index in [-0.39, 0.29) is 49.3 Å². The van der Waals surface area contributed by atoms with Crippen LogP contribution >= 0.6 is 22.9 Å². The van der Waals surface area contributed by atoms with Gasteiger partial charge in [0.15, 0.2) is 5.82 Å². The van der Waals surface area contributed by atoms with E-state index in [1.54, 1.807) is 35.6 Å². The molecule has 2 aliphatic heterocycles. The average Bonchev–Trinajstić information content (AvgIpc) is 3.59. The number of piperidine rings is 1. The summed E-state index contributed by atoms with van der Waals surface area (Å²) in [5.74, 6) is -0.149. The van der Waals surface area contributed by atoms with Crippen LogP contribution in [0.4, 0.5) is 5.69 Å². The number of halogens is 1. The Hall–Kier alpha value is -5.21. The minimum Gasteiger partial charge on any atom is -0.356 e. The van der Waals surface area contributed by atoms with Crippen LogP contribution in [0.5, 0.6) is 0 Å². The molecule has 6 rings (SSSR count). The molecule has 0 bridgehead atoms. The number of thiophene rings is 1. The van der Waals surface area contributed by atoms with Gasteiger partial charge in [-0.3, -0.25) is 38.8 Å². The normalized spacial score (nSPS) is 16.5. The summed E-state index contributed by atoms with van der Waals surface area (Å²) < 4.78 is 2.02. The molecule has 13 nitrogen and oxygen atoms in total. The Balaban J connectivity index is 0.973. The summed E-state index contributed by atoms with van der Waals surface area (Å²) in [6, 6.07) is 13.3. The molecule has 1 saturated heterocycles. The van der Waals surface area contributed by atoms with Gasteiger partial charge < -0.3 is 16.0 Å². The Morgan fingerprint density at radius 3 is 2.55 bits per heavy atom. The van der Waals surface area contributed by atoms with Gasteiger partial charge in [-0.2, -0.15) is 0 Å². The SMILES string of the molecule is Cc1sc2c(c1C)C(c1ccc(Cl)cc1)=N[C@@H](CC(=O)NCCCCCC(=O)Nc1cccc(CC(=O)NC3CCC(=O)NC3=O)c1)c1nnc(C)n1-2. The number of nitrogens with zero attached hydrogens (tertiary/aromatic N) is 4. The summed E-state index contributed by atoms with van der Waals surface area (Å²) in [6.45, 7) is 6.54. The number of carbonyl (C=O) groups is 5. The second kappa shape index (κ2) is 16.6. The number of aliphatic imine (C=N–C) groups is 1. The van der Waals surface area contributed by atoms with Crippen LogP contribution in [0.2, 0.25) is 5.02 Å². The highest BCUT2D eigenvalue weighted by Crippen LogP contribution is 2.39. The zero-order chi connectivity index (χ0) is 37.6. The number of anilines is 1. The highest BCUT2D eigenvalue weighted by Gasteiger charge is 2.32. The molecule has 276 valence electrons. The summed E-state index contributed by atoms with van der Waals surface area (Å²) in [7, 11) is 0. The van der Waals surface area contributed by atoms with E-state index in [2.05, 4.69) is 45.3 Å². The van der Waals surface area contributed by atoms with Crippen LogP contribution < -0.4 is 21.3 Å². The van der Waals surface area contributed by atoms with Crippen LogP contribution in [0.1, 0.15) is 89.8 Å². The number of carbonyl (C=O) groups excluding carboxylic acids is 5. The van der Waals surface area contributed by atoms with E-state index in [1.807, 2.05) is 35.8 Å². The monoisotopic (exact) mass is 756 g/mol. The maximum atomic E-state index is 13.3. The van der Waals surface area contributed by atoms with E-state index in [0.29, 0.717) is 47.9 Å². The lowest BCUT2D eigenvalue weighted by Gasteiger charge is -2.21. The number of benzene rings is 2. The van der Waals surface area contributed by atoms with Crippen molar-refractivity contribution in [1.29, 1.82) is 0 Å². The average molecular weight is 757 g/mol. The number of unbranched alkanes of at least 4 members (excludes halogenated alkanes) is 2. The quantitative estimate of drug-likeness (QED) is 0.110. The molecule has 5 amide bonds. The van der Waals surface area contributed by atoms with Gasteiger partial charge in [0.2, 0.25) is 29.5 Å². The molecule has 0 aliphatic carbocycles. The first-order valence-corrected chi connectivity index (χ1v) is 18.8. The molecule has 0 saturated carbocycles. The second-order valence-corrected chi connectivity index (χ2v) is 14.9. The van der Waals surface area contributed by atoms with Crippen molar-refractivity contribution in [2.45, 2.75) is 84.2 Å². The van der Waals surface area contributed by atoms with Crippen LogP contribution in [0.3, 0.4) is 0 Å². The van der Waals surface area contributed by atoms with Gasteiger partial charge in [-0.25, -0.2) is 0 Å². The third kappa shape index (κ3) is 9.06. The van der Waals surface area contributed by atoms with E-state index >= 15 is 0 Å². The number of rotatable bonds is 13. The highest BCUT2D eigenvalue weighted by molar-refractivity contribution is 7.15. The number of amides is 5. The Morgan fingerprint density at radius 2 is 1.77 bits per heavy atom. The maximum Gasteiger partial charge on any atom is 0.249 e. The molecule has 0 spiro atoms. The summed E-state index contributed by atoms with van der Waals surface area (Å²) in [5, 5.41) is 21.2. The molecule has 15 heteroatoms. The Labute approximate surface area is 316 Å². The maximum absolute atomic E-state index is 13.3. The lowest BCUT2D eigenvalue weighted by Crippen LogP contribution is -2.52. The molecular weight excluding hydrogens is 716 g/mol. The topological polar surface area (TPSA) is 177 Å². The Kier molecular flexibility index (Phi) is 11.8. The van der Waals surface area contributed by atoms with E-state index in [0.717, 1.165) is 39.6 Å². The van der Waals surface area contributed by atoms with Crippen molar-refractivity contribution < 1.29 is 24.0 Å².